The third-order valence-corrected chi connectivity index (χ3v) is 3.84. The van der Waals surface area contributed by atoms with Crippen molar-refractivity contribution in [2.45, 2.75) is 19.4 Å². The molecule has 112 valence electrons. The molecular formula is C15H24ClN3O. The number of benzene rings is 1. The van der Waals surface area contributed by atoms with Gasteiger partial charge in [0.25, 0.3) is 5.91 Å². The van der Waals surface area contributed by atoms with Gasteiger partial charge in [-0.2, -0.15) is 0 Å². The highest BCUT2D eigenvalue weighted by molar-refractivity contribution is 5.94. The summed E-state index contributed by atoms with van der Waals surface area (Å²) in [4.78, 5) is 14.3. The Bertz CT molecular complexity index is 414. The third-order valence-electron chi connectivity index (χ3n) is 3.84. The number of hydrogen-bond donors (Lipinski definition) is 2. The van der Waals surface area contributed by atoms with E-state index in [2.05, 4.69) is 17.3 Å². The van der Waals surface area contributed by atoms with Gasteiger partial charge >= 0.3 is 0 Å². The van der Waals surface area contributed by atoms with E-state index in [0.29, 0.717) is 18.0 Å². The number of likely N-dealkylation sites (tertiary alicyclic amines) is 1. The largest absolute Gasteiger partial charge is 0.352 e. The van der Waals surface area contributed by atoms with Crippen molar-refractivity contribution in [1.29, 1.82) is 0 Å². The van der Waals surface area contributed by atoms with Crippen molar-refractivity contribution in [2.24, 2.45) is 11.7 Å². The highest BCUT2D eigenvalue weighted by Crippen LogP contribution is 2.15. The summed E-state index contributed by atoms with van der Waals surface area (Å²) in [6.07, 6.45) is 2.34. The molecule has 1 aromatic rings. The Hall–Kier alpha value is -1.10. The van der Waals surface area contributed by atoms with Crippen LogP contribution >= 0.6 is 12.4 Å². The molecule has 4 nitrogen and oxygen atoms in total. The summed E-state index contributed by atoms with van der Waals surface area (Å²) in [6.45, 7) is 3.56. The molecule has 0 aliphatic carbocycles. The zero-order valence-corrected chi connectivity index (χ0v) is 12.8. The summed E-state index contributed by atoms with van der Waals surface area (Å²) in [7, 11) is 2.15. The van der Waals surface area contributed by atoms with Crippen LogP contribution in [-0.2, 0) is 6.54 Å². The molecule has 1 amide bonds. The molecule has 0 saturated carbocycles. The van der Waals surface area contributed by atoms with Crippen molar-refractivity contribution >= 4 is 18.3 Å². The minimum atomic E-state index is 0. The number of carbonyl (C=O) groups excluding carboxylic acids is 1. The minimum absolute atomic E-state index is 0. The summed E-state index contributed by atoms with van der Waals surface area (Å²) in [5.74, 6) is 0.631. The normalized spacial score (nSPS) is 16.5. The molecule has 1 aliphatic heterocycles. The SMILES string of the molecule is CN1CCC(CNC(=O)c2ccc(CN)cc2)CC1.Cl. The molecule has 1 aromatic carbocycles. The molecule has 1 fully saturated rings. The number of piperidine rings is 1. The summed E-state index contributed by atoms with van der Waals surface area (Å²) < 4.78 is 0. The van der Waals surface area contributed by atoms with E-state index < -0.39 is 0 Å². The molecule has 3 N–H and O–H groups in total. The third kappa shape index (κ3) is 4.78. The maximum atomic E-state index is 12.0. The van der Waals surface area contributed by atoms with Crippen molar-refractivity contribution in [3.8, 4) is 0 Å². The Morgan fingerprint density at radius 1 is 1.30 bits per heavy atom. The lowest BCUT2D eigenvalue weighted by atomic mass is 9.97. The number of nitrogens with two attached hydrogens (primary N) is 1. The van der Waals surface area contributed by atoms with Crippen LogP contribution in [0.15, 0.2) is 24.3 Å². The van der Waals surface area contributed by atoms with Crippen LogP contribution in [0.3, 0.4) is 0 Å². The molecule has 0 unspecified atom stereocenters. The van der Waals surface area contributed by atoms with Gasteiger partial charge in [-0.05, 0) is 56.6 Å². The average Bonchev–Trinajstić information content (AvgIpc) is 2.46. The van der Waals surface area contributed by atoms with E-state index in [9.17, 15) is 4.79 Å². The Morgan fingerprint density at radius 3 is 2.45 bits per heavy atom. The van der Waals surface area contributed by atoms with Gasteiger partial charge < -0.3 is 16.0 Å². The Kier molecular flexibility index (Phi) is 6.99. The molecular weight excluding hydrogens is 274 g/mol. The first-order valence-corrected chi connectivity index (χ1v) is 6.95. The van der Waals surface area contributed by atoms with Crippen LogP contribution in [0.1, 0.15) is 28.8 Å². The van der Waals surface area contributed by atoms with Gasteiger partial charge in [-0.25, -0.2) is 0 Å². The quantitative estimate of drug-likeness (QED) is 0.888. The first kappa shape index (κ1) is 17.0. The van der Waals surface area contributed by atoms with Gasteiger partial charge in [-0.15, -0.1) is 12.4 Å². The summed E-state index contributed by atoms with van der Waals surface area (Å²) in [5, 5.41) is 3.03. The minimum Gasteiger partial charge on any atom is -0.352 e. The number of amides is 1. The number of nitrogens with zero attached hydrogens (tertiary/aromatic N) is 1. The molecule has 1 heterocycles. The van der Waals surface area contributed by atoms with Crippen LogP contribution in [-0.4, -0.2) is 37.5 Å². The van der Waals surface area contributed by atoms with E-state index >= 15 is 0 Å². The standard InChI is InChI=1S/C15H23N3O.ClH/c1-18-8-6-13(7-9-18)11-17-15(19)14-4-2-12(10-16)3-5-14;/h2-5,13H,6-11,16H2,1H3,(H,17,19);1H. The van der Waals surface area contributed by atoms with Gasteiger partial charge in [0.1, 0.15) is 0 Å². The van der Waals surface area contributed by atoms with Crippen LogP contribution in [0.25, 0.3) is 0 Å². The second-order valence-electron chi connectivity index (χ2n) is 5.36. The molecule has 0 spiro atoms. The van der Waals surface area contributed by atoms with E-state index in [1.807, 2.05) is 24.3 Å². The lowest BCUT2D eigenvalue weighted by molar-refractivity contribution is 0.0939. The average molecular weight is 298 g/mol. The van der Waals surface area contributed by atoms with Crippen LogP contribution in [0.5, 0.6) is 0 Å². The molecule has 20 heavy (non-hydrogen) atoms. The molecule has 0 atom stereocenters. The number of nitrogens with one attached hydrogen (secondary N) is 1. The fraction of sp³-hybridized carbons (Fsp3) is 0.533. The molecule has 1 saturated heterocycles. The van der Waals surface area contributed by atoms with Gasteiger partial charge in [-0.1, -0.05) is 12.1 Å². The maximum Gasteiger partial charge on any atom is 0.251 e. The van der Waals surface area contributed by atoms with E-state index in [1.165, 1.54) is 12.8 Å². The van der Waals surface area contributed by atoms with Crippen LogP contribution in [0.2, 0.25) is 0 Å². The Morgan fingerprint density at radius 2 is 1.90 bits per heavy atom. The predicted octanol–water partition coefficient (Wildman–Crippen LogP) is 1.64. The zero-order valence-electron chi connectivity index (χ0n) is 12.0. The topological polar surface area (TPSA) is 58.4 Å². The lowest BCUT2D eigenvalue weighted by Crippen LogP contribution is -2.36. The van der Waals surface area contributed by atoms with Crippen LogP contribution in [0, 0.1) is 5.92 Å². The second kappa shape index (κ2) is 8.25. The Labute approximate surface area is 127 Å². The van der Waals surface area contributed by atoms with E-state index in [1.54, 1.807) is 0 Å². The van der Waals surface area contributed by atoms with Crippen molar-refractivity contribution in [3.05, 3.63) is 35.4 Å². The number of halogens is 1. The smallest absolute Gasteiger partial charge is 0.251 e. The van der Waals surface area contributed by atoms with Crippen LogP contribution in [0.4, 0.5) is 0 Å². The van der Waals surface area contributed by atoms with Crippen molar-refractivity contribution in [3.63, 3.8) is 0 Å². The molecule has 1 aliphatic rings. The number of rotatable bonds is 4. The first-order valence-electron chi connectivity index (χ1n) is 6.95. The van der Waals surface area contributed by atoms with Crippen LogP contribution < -0.4 is 11.1 Å². The molecule has 0 aromatic heterocycles. The second-order valence-corrected chi connectivity index (χ2v) is 5.36. The molecule has 2 rings (SSSR count). The maximum absolute atomic E-state index is 12.0. The summed E-state index contributed by atoms with van der Waals surface area (Å²) in [5.41, 5.74) is 7.30. The van der Waals surface area contributed by atoms with Crippen molar-refractivity contribution in [2.75, 3.05) is 26.7 Å². The van der Waals surface area contributed by atoms with Crippen molar-refractivity contribution in [1.82, 2.24) is 10.2 Å². The zero-order chi connectivity index (χ0) is 13.7. The van der Waals surface area contributed by atoms with Crippen molar-refractivity contribution < 1.29 is 4.79 Å². The lowest BCUT2D eigenvalue weighted by Gasteiger charge is -2.28. The first-order chi connectivity index (χ1) is 9.19. The molecule has 5 heteroatoms. The number of carbonyl (C=O) groups is 1. The fourth-order valence-corrected chi connectivity index (χ4v) is 2.40. The van der Waals surface area contributed by atoms with Gasteiger partial charge in [0.15, 0.2) is 0 Å². The van der Waals surface area contributed by atoms with E-state index in [4.69, 9.17) is 5.73 Å². The molecule has 0 radical (unpaired) electrons. The highest BCUT2D eigenvalue weighted by Gasteiger charge is 2.17. The van der Waals surface area contributed by atoms with Gasteiger partial charge in [0.05, 0.1) is 0 Å². The fourth-order valence-electron chi connectivity index (χ4n) is 2.40. The monoisotopic (exact) mass is 297 g/mol. The van der Waals surface area contributed by atoms with E-state index in [-0.39, 0.29) is 18.3 Å². The van der Waals surface area contributed by atoms with Gasteiger partial charge in [0, 0.05) is 18.7 Å². The summed E-state index contributed by atoms with van der Waals surface area (Å²) in [6, 6.07) is 7.49. The van der Waals surface area contributed by atoms with Gasteiger partial charge in [0.2, 0.25) is 0 Å². The van der Waals surface area contributed by atoms with E-state index in [0.717, 1.165) is 25.2 Å². The predicted molar refractivity (Wildman–Crippen MR) is 84.1 cm³/mol. The van der Waals surface area contributed by atoms with Gasteiger partial charge in [-0.3, -0.25) is 4.79 Å². The molecule has 0 bridgehead atoms. The Balaban J connectivity index is 0.00000200. The summed E-state index contributed by atoms with van der Waals surface area (Å²) >= 11 is 0. The highest BCUT2D eigenvalue weighted by atomic mass is 35.5. The number of hydrogen-bond acceptors (Lipinski definition) is 3.